The fourth-order valence-electron chi connectivity index (χ4n) is 3.44. The molecule has 21 heavy (non-hydrogen) atoms. The van der Waals surface area contributed by atoms with Gasteiger partial charge >= 0.3 is 0 Å². The first-order valence-corrected chi connectivity index (χ1v) is 7.55. The van der Waals surface area contributed by atoms with E-state index in [-0.39, 0.29) is 12.4 Å². The van der Waals surface area contributed by atoms with Crippen LogP contribution in [0, 0.1) is 17.7 Å². The molecule has 3 rings (SSSR count). The van der Waals surface area contributed by atoms with Crippen LogP contribution < -0.4 is 4.90 Å². The number of piperidine rings is 1. The molecule has 1 amide bonds. The molecule has 2 aliphatic rings. The van der Waals surface area contributed by atoms with E-state index in [4.69, 9.17) is 5.11 Å². The molecule has 0 atom stereocenters. The molecule has 1 N–H and O–H groups in total. The molecule has 2 saturated heterocycles. The Kier molecular flexibility index (Phi) is 4.10. The second kappa shape index (κ2) is 6.02. The third-order valence-corrected chi connectivity index (χ3v) is 4.87. The van der Waals surface area contributed by atoms with Gasteiger partial charge in [0.15, 0.2) is 5.82 Å². The molecule has 0 unspecified atom stereocenters. The standard InChI is InChI=1S/C16H21FN2O2/c17-16-13(10-20)2-1-3-15(16)19-8-14(9-19)12-4-6-18(11-21)7-5-12/h1-3,11-12,14,20H,4-10H2. The highest BCUT2D eigenvalue weighted by Crippen LogP contribution is 2.35. The summed E-state index contributed by atoms with van der Waals surface area (Å²) in [5.41, 5.74) is 0.957. The first kappa shape index (κ1) is 14.3. The van der Waals surface area contributed by atoms with Crippen molar-refractivity contribution in [2.24, 2.45) is 11.8 Å². The van der Waals surface area contributed by atoms with Crippen molar-refractivity contribution in [2.75, 3.05) is 31.1 Å². The van der Waals surface area contributed by atoms with Gasteiger partial charge in [-0.25, -0.2) is 4.39 Å². The molecule has 0 spiro atoms. The van der Waals surface area contributed by atoms with Crippen LogP contribution in [0.25, 0.3) is 0 Å². The fraction of sp³-hybridized carbons (Fsp3) is 0.562. The Morgan fingerprint density at radius 3 is 2.57 bits per heavy atom. The van der Waals surface area contributed by atoms with Gasteiger partial charge in [0.1, 0.15) is 0 Å². The van der Waals surface area contributed by atoms with Crippen molar-refractivity contribution >= 4 is 12.1 Å². The van der Waals surface area contributed by atoms with E-state index in [0.29, 0.717) is 23.1 Å². The lowest BCUT2D eigenvalue weighted by Crippen LogP contribution is -2.52. The minimum Gasteiger partial charge on any atom is -0.392 e. The summed E-state index contributed by atoms with van der Waals surface area (Å²) in [5, 5.41) is 9.13. The number of amides is 1. The van der Waals surface area contributed by atoms with Crippen molar-refractivity contribution in [3.05, 3.63) is 29.6 Å². The van der Waals surface area contributed by atoms with Gasteiger partial charge in [0.25, 0.3) is 0 Å². The van der Waals surface area contributed by atoms with Crippen molar-refractivity contribution in [3.8, 4) is 0 Å². The number of halogens is 1. The number of rotatable bonds is 4. The summed E-state index contributed by atoms with van der Waals surface area (Å²) in [5.74, 6) is 0.937. The van der Waals surface area contributed by atoms with Crippen LogP contribution in [0.3, 0.4) is 0 Å². The predicted octanol–water partition coefficient (Wildman–Crippen LogP) is 1.62. The van der Waals surface area contributed by atoms with Crippen LogP contribution >= 0.6 is 0 Å². The van der Waals surface area contributed by atoms with E-state index in [1.54, 1.807) is 18.2 Å². The normalized spacial score (nSPS) is 20.5. The maximum atomic E-state index is 14.2. The van der Waals surface area contributed by atoms with Crippen LogP contribution in [-0.4, -0.2) is 42.6 Å². The third kappa shape index (κ3) is 2.75. The Bertz CT molecular complexity index is 509. The number of aliphatic hydroxyl groups excluding tert-OH is 1. The number of aliphatic hydroxyl groups is 1. The molecule has 0 saturated carbocycles. The van der Waals surface area contributed by atoms with E-state index in [9.17, 15) is 9.18 Å². The van der Waals surface area contributed by atoms with Gasteiger partial charge in [-0.3, -0.25) is 4.79 Å². The summed E-state index contributed by atoms with van der Waals surface area (Å²) in [6.07, 6.45) is 3.03. The molecular weight excluding hydrogens is 271 g/mol. The largest absolute Gasteiger partial charge is 0.392 e. The van der Waals surface area contributed by atoms with Gasteiger partial charge in [0, 0.05) is 31.7 Å². The second-order valence-corrected chi connectivity index (χ2v) is 6.05. The van der Waals surface area contributed by atoms with E-state index in [2.05, 4.69) is 0 Å². The molecule has 0 radical (unpaired) electrons. The summed E-state index contributed by atoms with van der Waals surface area (Å²) in [6, 6.07) is 5.19. The lowest BCUT2D eigenvalue weighted by atomic mass is 9.79. The zero-order chi connectivity index (χ0) is 14.8. The van der Waals surface area contributed by atoms with Crippen molar-refractivity contribution in [1.29, 1.82) is 0 Å². The molecule has 0 aromatic heterocycles. The molecule has 1 aromatic carbocycles. The number of hydrogen-bond donors (Lipinski definition) is 1. The smallest absolute Gasteiger partial charge is 0.209 e. The summed E-state index contributed by atoms with van der Waals surface area (Å²) in [7, 11) is 0. The number of likely N-dealkylation sites (tertiary alicyclic amines) is 1. The number of carbonyl (C=O) groups excluding carboxylic acids is 1. The maximum Gasteiger partial charge on any atom is 0.209 e. The van der Waals surface area contributed by atoms with Gasteiger partial charge in [0.05, 0.1) is 12.3 Å². The highest BCUT2D eigenvalue weighted by molar-refractivity contribution is 5.52. The van der Waals surface area contributed by atoms with Gasteiger partial charge in [-0.15, -0.1) is 0 Å². The Morgan fingerprint density at radius 1 is 1.24 bits per heavy atom. The highest BCUT2D eigenvalue weighted by atomic mass is 19.1. The minimum atomic E-state index is -0.297. The number of hydrogen-bond acceptors (Lipinski definition) is 3. The monoisotopic (exact) mass is 292 g/mol. The second-order valence-electron chi connectivity index (χ2n) is 6.05. The summed E-state index contributed by atoms with van der Waals surface area (Å²) >= 11 is 0. The average Bonchev–Trinajstić information content (AvgIpc) is 2.48. The van der Waals surface area contributed by atoms with Crippen LogP contribution in [0.15, 0.2) is 18.2 Å². The van der Waals surface area contributed by atoms with Crippen LogP contribution in [-0.2, 0) is 11.4 Å². The Labute approximate surface area is 124 Å². The van der Waals surface area contributed by atoms with E-state index in [0.717, 1.165) is 45.4 Å². The Morgan fingerprint density at radius 2 is 1.95 bits per heavy atom. The number of benzene rings is 1. The highest BCUT2D eigenvalue weighted by Gasteiger charge is 2.36. The van der Waals surface area contributed by atoms with Gasteiger partial charge in [0.2, 0.25) is 6.41 Å². The molecular formula is C16H21FN2O2. The van der Waals surface area contributed by atoms with Crippen LogP contribution in [0.5, 0.6) is 0 Å². The van der Waals surface area contributed by atoms with Crippen LogP contribution in [0.1, 0.15) is 18.4 Å². The summed E-state index contributed by atoms with van der Waals surface area (Å²) in [6.45, 7) is 3.17. The molecule has 114 valence electrons. The predicted molar refractivity (Wildman–Crippen MR) is 78.4 cm³/mol. The van der Waals surface area contributed by atoms with Gasteiger partial charge in [-0.1, -0.05) is 12.1 Å². The van der Waals surface area contributed by atoms with Crippen molar-refractivity contribution < 1.29 is 14.3 Å². The number of nitrogens with zero attached hydrogens (tertiary/aromatic N) is 2. The molecule has 5 heteroatoms. The van der Waals surface area contributed by atoms with E-state index in [1.807, 2.05) is 9.80 Å². The quantitative estimate of drug-likeness (QED) is 0.858. The minimum absolute atomic E-state index is 0.263. The first-order valence-electron chi connectivity index (χ1n) is 7.55. The fourth-order valence-corrected chi connectivity index (χ4v) is 3.44. The number of anilines is 1. The average molecular weight is 292 g/mol. The molecule has 2 fully saturated rings. The van der Waals surface area contributed by atoms with E-state index >= 15 is 0 Å². The zero-order valence-electron chi connectivity index (χ0n) is 12.0. The van der Waals surface area contributed by atoms with Crippen LogP contribution in [0.2, 0.25) is 0 Å². The Balaban J connectivity index is 1.58. The first-order chi connectivity index (χ1) is 10.2. The summed E-state index contributed by atoms with van der Waals surface area (Å²) in [4.78, 5) is 14.6. The van der Waals surface area contributed by atoms with Gasteiger partial charge in [-0.2, -0.15) is 0 Å². The van der Waals surface area contributed by atoms with E-state index < -0.39 is 0 Å². The topological polar surface area (TPSA) is 43.8 Å². The Hall–Kier alpha value is -1.62. The maximum absolute atomic E-state index is 14.2. The van der Waals surface area contributed by atoms with Gasteiger partial charge < -0.3 is 14.9 Å². The van der Waals surface area contributed by atoms with Gasteiger partial charge in [-0.05, 0) is 30.7 Å². The van der Waals surface area contributed by atoms with Crippen LogP contribution in [0.4, 0.5) is 10.1 Å². The number of carbonyl (C=O) groups is 1. The molecule has 0 aliphatic carbocycles. The molecule has 2 aliphatic heterocycles. The molecule has 4 nitrogen and oxygen atoms in total. The SMILES string of the molecule is O=CN1CCC(C2CN(c3cccc(CO)c3F)C2)CC1. The molecule has 0 bridgehead atoms. The van der Waals surface area contributed by atoms with Crippen molar-refractivity contribution in [2.45, 2.75) is 19.4 Å². The lowest BCUT2D eigenvalue weighted by molar-refractivity contribution is -0.119. The van der Waals surface area contributed by atoms with E-state index in [1.165, 1.54) is 0 Å². The lowest BCUT2D eigenvalue weighted by Gasteiger charge is -2.47. The third-order valence-electron chi connectivity index (χ3n) is 4.87. The van der Waals surface area contributed by atoms with Crippen molar-refractivity contribution in [3.63, 3.8) is 0 Å². The summed E-state index contributed by atoms with van der Waals surface area (Å²) < 4.78 is 14.2. The molecule has 1 aromatic rings. The molecule has 2 heterocycles. The zero-order valence-corrected chi connectivity index (χ0v) is 12.0. The van der Waals surface area contributed by atoms with Crippen molar-refractivity contribution in [1.82, 2.24) is 4.90 Å².